The zero-order valence-corrected chi connectivity index (χ0v) is 9.79. The fourth-order valence-corrected chi connectivity index (χ4v) is 1.65. The van der Waals surface area contributed by atoms with Crippen LogP contribution in [0.3, 0.4) is 0 Å². The number of benzene rings is 1. The molecule has 3 nitrogen and oxygen atoms in total. The second-order valence-electron chi connectivity index (χ2n) is 3.48. The molecule has 0 aliphatic rings. The van der Waals surface area contributed by atoms with E-state index < -0.39 is 0 Å². The summed E-state index contributed by atoms with van der Waals surface area (Å²) in [5.74, 6) is 0.580. The van der Waals surface area contributed by atoms with Crippen molar-refractivity contribution in [1.29, 1.82) is 0 Å². The number of halogens is 1. The maximum atomic E-state index is 6.06. The Kier molecular flexibility index (Phi) is 3.59. The van der Waals surface area contributed by atoms with E-state index in [1.165, 1.54) is 0 Å². The van der Waals surface area contributed by atoms with E-state index in [1.807, 2.05) is 31.3 Å². The Labute approximate surface area is 99.5 Å². The number of hydrogen-bond acceptors (Lipinski definition) is 3. The first-order chi connectivity index (χ1) is 7.81. The average molecular weight is 237 g/mol. The van der Waals surface area contributed by atoms with Gasteiger partial charge in [-0.15, -0.1) is 0 Å². The monoisotopic (exact) mass is 236 g/mol. The van der Waals surface area contributed by atoms with Crippen molar-refractivity contribution in [3.05, 3.63) is 41.2 Å². The molecule has 0 atom stereocenters. The smallest absolute Gasteiger partial charge is 0.227 e. The number of rotatable bonds is 4. The van der Waals surface area contributed by atoms with Gasteiger partial charge in [0, 0.05) is 13.0 Å². The number of likely N-dealkylation sites (N-methyl/N-ethyl adjacent to an activating group) is 1. The molecular weight excluding hydrogens is 224 g/mol. The van der Waals surface area contributed by atoms with E-state index >= 15 is 0 Å². The summed E-state index contributed by atoms with van der Waals surface area (Å²) < 4.78 is 5.41. The molecule has 2 rings (SSSR count). The van der Waals surface area contributed by atoms with E-state index in [0.29, 0.717) is 10.9 Å². The van der Waals surface area contributed by atoms with Crippen molar-refractivity contribution in [3.8, 4) is 11.5 Å². The minimum atomic E-state index is 0.580. The first-order valence-corrected chi connectivity index (χ1v) is 5.53. The van der Waals surface area contributed by atoms with Crippen LogP contribution >= 0.6 is 11.6 Å². The molecule has 0 saturated carbocycles. The first kappa shape index (κ1) is 11.2. The van der Waals surface area contributed by atoms with Gasteiger partial charge in [-0.3, -0.25) is 0 Å². The van der Waals surface area contributed by atoms with Crippen molar-refractivity contribution in [3.63, 3.8) is 0 Å². The minimum Gasteiger partial charge on any atom is -0.444 e. The largest absolute Gasteiger partial charge is 0.444 e. The number of nitrogens with zero attached hydrogens (tertiary/aromatic N) is 1. The number of aromatic nitrogens is 1. The summed E-state index contributed by atoms with van der Waals surface area (Å²) in [5, 5.41) is 3.73. The highest BCUT2D eigenvalue weighted by Gasteiger charge is 2.09. The average Bonchev–Trinajstić information content (AvgIpc) is 2.75. The molecule has 0 saturated heterocycles. The summed E-state index contributed by atoms with van der Waals surface area (Å²) in [4.78, 5) is 4.39. The lowest BCUT2D eigenvalue weighted by atomic mass is 10.2. The van der Waals surface area contributed by atoms with Gasteiger partial charge in [-0.25, -0.2) is 4.98 Å². The molecule has 0 unspecified atom stereocenters. The number of oxazole rings is 1. The molecule has 0 radical (unpaired) electrons. The van der Waals surface area contributed by atoms with Crippen LogP contribution in [0.15, 0.2) is 34.9 Å². The van der Waals surface area contributed by atoms with Gasteiger partial charge in [0.2, 0.25) is 5.89 Å². The summed E-state index contributed by atoms with van der Waals surface area (Å²) >= 11 is 6.06. The maximum absolute atomic E-state index is 6.06. The van der Waals surface area contributed by atoms with Crippen molar-refractivity contribution in [2.75, 3.05) is 13.6 Å². The molecule has 0 amide bonds. The van der Waals surface area contributed by atoms with Crippen molar-refractivity contribution in [2.24, 2.45) is 0 Å². The van der Waals surface area contributed by atoms with Gasteiger partial charge in [-0.05, 0) is 19.2 Å². The number of nitrogens with one attached hydrogen (secondary N) is 1. The Morgan fingerprint density at radius 1 is 1.38 bits per heavy atom. The molecule has 4 heteroatoms. The molecule has 1 aromatic heterocycles. The SMILES string of the molecule is CNCCc1coc(-c2ccccc2Cl)n1. The standard InChI is InChI=1S/C12H13ClN2O/c1-14-7-6-9-8-16-12(15-9)10-4-2-3-5-11(10)13/h2-5,8,14H,6-7H2,1H3. The van der Waals surface area contributed by atoms with Gasteiger partial charge in [0.15, 0.2) is 0 Å². The van der Waals surface area contributed by atoms with Crippen LogP contribution in [0.2, 0.25) is 5.02 Å². The van der Waals surface area contributed by atoms with Crippen molar-refractivity contribution < 1.29 is 4.42 Å². The van der Waals surface area contributed by atoms with Crippen LogP contribution in [0.1, 0.15) is 5.69 Å². The Hall–Kier alpha value is -1.32. The fourth-order valence-electron chi connectivity index (χ4n) is 1.43. The molecular formula is C12H13ClN2O. The van der Waals surface area contributed by atoms with Gasteiger partial charge in [0.05, 0.1) is 16.3 Å². The molecule has 0 bridgehead atoms. The van der Waals surface area contributed by atoms with E-state index in [-0.39, 0.29) is 0 Å². The quantitative estimate of drug-likeness (QED) is 0.887. The Morgan fingerprint density at radius 2 is 2.19 bits per heavy atom. The summed E-state index contributed by atoms with van der Waals surface area (Å²) in [6, 6.07) is 7.53. The predicted octanol–water partition coefficient (Wildman–Crippen LogP) is 2.76. The lowest BCUT2D eigenvalue weighted by Crippen LogP contribution is -2.10. The molecule has 0 fully saturated rings. The van der Waals surface area contributed by atoms with Crippen LogP contribution in [0.25, 0.3) is 11.5 Å². The highest BCUT2D eigenvalue weighted by Crippen LogP contribution is 2.26. The van der Waals surface area contributed by atoms with Gasteiger partial charge in [-0.2, -0.15) is 0 Å². The summed E-state index contributed by atoms with van der Waals surface area (Å²) in [6.45, 7) is 0.883. The lowest BCUT2D eigenvalue weighted by molar-refractivity contribution is 0.572. The van der Waals surface area contributed by atoms with Crippen LogP contribution in [-0.2, 0) is 6.42 Å². The Bertz CT molecular complexity index is 468. The van der Waals surface area contributed by atoms with Crippen LogP contribution in [0.4, 0.5) is 0 Å². The number of hydrogen-bond donors (Lipinski definition) is 1. The molecule has 16 heavy (non-hydrogen) atoms. The van der Waals surface area contributed by atoms with Gasteiger partial charge in [0.25, 0.3) is 0 Å². The maximum Gasteiger partial charge on any atom is 0.227 e. The molecule has 1 N–H and O–H groups in total. The predicted molar refractivity (Wildman–Crippen MR) is 64.6 cm³/mol. The molecule has 2 aromatic rings. The second kappa shape index (κ2) is 5.14. The zero-order valence-electron chi connectivity index (χ0n) is 9.03. The van der Waals surface area contributed by atoms with E-state index in [0.717, 1.165) is 24.2 Å². The van der Waals surface area contributed by atoms with Crippen LogP contribution in [-0.4, -0.2) is 18.6 Å². The molecule has 0 spiro atoms. The molecule has 1 aromatic carbocycles. The molecule has 1 heterocycles. The third-order valence-corrected chi connectivity index (χ3v) is 2.62. The highest BCUT2D eigenvalue weighted by atomic mass is 35.5. The van der Waals surface area contributed by atoms with Crippen molar-refractivity contribution in [1.82, 2.24) is 10.3 Å². The third-order valence-electron chi connectivity index (χ3n) is 2.29. The van der Waals surface area contributed by atoms with Crippen molar-refractivity contribution in [2.45, 2.75) is 6.42 Å². The van der Waals surface area contributed by atoms with Gasteiger partial charge in [-0.1, -0.05) is 23.7 Å². The Balaban J connectivity index is 2.22. The van der Waals surface area contributed by atoms with E-state index in [4.69, 9.17) is 16.0 Å². The first-order valence-electron chi connectivity index (χ1n) is 5.15. The molecule has 0 aliphatic carbocycles. The lowest BCUT2D eigenvalue weighted by Gasteiger charge is -1.97. The van der Waals surface area contributed by atoms with Gasteiger partial charge in [0.1, 0.15) is 6.26 Å². The second-order valence-corrected chi connectivity index (χ2v) is 3.88. The summed E-state index contributed by atoms with van der Waals surface area (Å²) in [7, 11) is 1.91. The van der Waals surface area contributed by atoms with Gasteiger partial charge < -0.3 is 9.73 Å². The Morgan fingerprint density at radius 3 is 2.94 bits per heavy atom. The summed E-state index contributed by atoms with van der Waals surface area (Å²) in [5.41, 5.74) is 1.77. The van der Waals surface area contributed by atoms with E-state index in [1.54, 1.807) is 6.26 Å². The van der Waals surface area contributed by atoms with Crippen LogP contribution in [0, 0.1) is 0 Å². The highest BCUT2D eigenvalue weighted by molar-refractivity contribution is 6.33. The van der Waals surface area contributed by atoms with Crippen LogP contribution in [0.5, 0.6) is 0 Å². The minimum absolute atomic E-state index is 0.580. The topological polar surface area (TPSA) is 38.1 Å². The van der Waals surface area contributed by atoms with E-state index in [2.05, 4.69) is 10.3 Å². The fraction of sp³-hybridized carbons (Fsp3) is 0.250. The van der Waals surface area contributed by atoms with Crippen LogP contribution < -0.4 is 5.32 Å². The molecule has 0 aliphatic heterocycles. The van der Waals surface area contributed by atoms with E-state index in [9.17, 15) is 0 Å². The zero-order chi connectivity index (χ0) is 11.4. The third kappa shape index (κ3) is 2.43. The van der Waals surface area contributed by atoms with Crippen molar-refractivity contribution >= 4 is 11.6 Å². The normalized spacial score (nSPS) is 10.6. The van der Waals surface area contributed by atoms with Gasteiger partial charge >= 0.3 is 0 Å². The summed E-state index contributed by atoms with van der Waals surface area (Å²) in [6.07, 6.45) is 2.53. The molecule has 84 valence electrons.